The van der Waals surface area contributed by atoms with Gasteiger partial charge in [-0.05, 0) is 12.8 Å². The fourth-order valence-electron chi connectivity index (χ4n) is 2.29. The fourth-order valence-corrected chi connectivity index (χ4v) is 2.29. The highest BCUT2D eigenvalue weighted by Crippen LogP contribution is 2.45. The number of aromatic nitrogens is 3. The molecule has 1 aromatic heterocycles. The van der Waals surface area contributed by atoms with Crippen LogP contribution in [0.3, 0.4) is 0 Å². The highest BCUT2D eigenvalue weighted by Gasteiger charge is 2.48. The van der Waals surface area contributed by atoms with Crippen molar-refractivity contribution < 1.29 is 4.74 Å². The third kappa shape index (κ3) is 1.33. The molecule has 2 N–H and O–H groups in total. The third-order valence-corrected chi connectivity index (χ3v) is 3.25. The molecule has 1 saturated heterocycles. The summed E-state index contributed by atoms with van der Waals surface area (Å²) in [7, 11) is 0. The Labute approximate surface area is 82.2 Å². The highest BCUT2D eigenvalue weighted by molar-refractivity contribution is 5.03. The van der Waals surface area contributed by atoms with Crippen LogP contribution in [0.2, 0.25) is 0 Å². The van der Waals surface area contributed by atoms with E-state index in [9.17, 15) is 0 Å². The van der Waals surface area contributed by atoms with Crippen molar-refractivity contribution in [2.75, 3.05) is 13.1 Å². The molecule has 76 valence electrons. The molecule has 5 heteroatoms. The number of ether oxygens (including phenoxy) is 1. The standard InChI is InChI=1S/C9H14N4O/c1-8(2-9(1)5-10-6-9)14-4-7-3-11-13-12-7/h3,8,10H,1-2,4-6H2,(H,11,12,13). The Morgan fingerprint density at radius 2 is 2.36 bits per heavy atom. The van der Waals surface area contributed by atoms with Crippen LogP contribution < -0.4 is 5.32 Å². The molecule has 1 saturated carbocycles. The number of hydrogen-bond donors (Lipinski definition) is 2. The number of aromatic amines is 1. The first-order chi connectivity index (χ1) is 6.86. The minimum atomic E-state index is 0.439. The second-order valence-corrected chi connectivity index (χ2v) is 4.41. The molecular formula is C9H14N4O. The summed E-state index contributed by atoms with van der Waals surface area (Å²) in [6.45, 7) is 2.94. The monoisotopic (exact) mass is 194 g/mol. The van der Waals surface area contributed by atoms with Crippen LogP contribution in [0.15, 0.2) is 6.20 Å². The van der Waals surface area contributed by atoms with Crippen molar-refractivity contribution in [2.24, 2.45) is 5.41 Å². The van der Waals surface area contributed by atoms with Crippen molar-refractivity contribution in [3.05, 3.63) is 11.9 Å². The Hall–Kier alpha value is -0.940. The molecule has 0 aromatic carbocycles. The number of hydrogen-bond acceptors (Lipinski definition) is 4. The normalized spacial score (nSPS) is 24.6. The summed E-state index contributed by atoms with van der Waals surface area (Å²) in [5.74, 6) is 0. The average molecular weight is 194 g/mol. The third-order valence-electron chi connectivity index (χ3n) is 3.25. The zero-order valence-electron chi connectivity index (χ0n) is 7.99. The molecule has 0 radical (unpaired) electrons. The number of H-pyrrole nitrogens is 1. The van der Waals surface area contributed by atoms with Gasteiger partial charge in [0.15, 0.2) is 0 Å². The molecule has 2 aliphatic rings. The van der Waals surface area contributed by atoms with Crippen molar-refractivity contribution in [3.8, 4) is 0 Å². The van der Waals surface area contributed by atoms with E-state index in [1.54, 1.807) is 6.20 Å². The molecule has 0 unspecified atom stereocenters. The smallest absolute Gasteiger partial charge is 0.108 e. The lowest BCUT2D eigenvalue weighted by molar-refractivity contribution is -0.110. The topological polar surface area (TPSA) is 62.8 Å². The van der Waals surface area contributed by atoms with E-state index < -0.39 is 0 Å². The Morgan fingerprint density at radius 3 is 2.93 bits per heavy atom. The van der Waals surface area contributed by atoms with Gasteiger partial charge in [-0.3, -0.25) is 0 Å². The second-order valence-electron chi connectivity index (χ2n) is 4.41. The van der Waals surface area contributed by atoms with Crippen molar-refractivity contribution >= 4 is 0 Å². The van der Waals surface area contributed by atoms with Crippen molar-refractivity contribution in [3.63, 3.8) is 0 Å². The summed E-state index contributed by atoms with van der Waals surface area (Å²) >= 11 is 0. The first kappa shape index (κ1) is 8.38. The molecule has 1 aliphatic heterocycles. The van der Waals surface area contributed by atoms with Crippen LogP contribution in [-0.2, 0) is 11.3 Å². The summed E-state index contributed by atoms with van der Waals surface area (Å²) in [6.07, 6.45) is 4.56. The van der Waals surface area contributed by atoms with Gasteiger partial charge in [-0.1, -0.05) is 0 Å². The van der Waals surface area contributed by atoms with Gasteiger partial charge in [0.1, 0.15) is 5.69 Å². The fraction of sp³-hybridized carbons (Fsp3) is 0.778. The van der Waals surface area contributed by atoms with Crippen LogP contribution in [0.25, 0.3) is 0 Å². The molecule has 0 atom stereocenters. The van der Waals surface area contributed by atoms with Gasteiger partial charge in [0, 0.05) is 18.5 Å². The molecule has 0 bridgehead atoms. The van der Waals surface area contributed by atoms with E-state index in [-0.39, 0.29) is 0 Å². The van der Waals surface area contributed by atoms with Gasteiger partial charge < -0.3 is 10.1 Å². The SMILES string of the molecule is c1n[nH]nc1COC1CC2(CNC2)C1. The van der Waals surface area contributed by atoms with Gasteiger partial charge >= 0.3 is 0 Å². The van der Waals surface area contributed by atoms with E-state index in [1.807, 2.05) is 0 Å². The molecule has 5 nitrogen and oxygen atoms in total. The summed E-state index contributed by atoms with van der Waals surface area (Å²) in [6, 6.07) is 0. The van der Waals surface area contributed by atoms with Gasteiger partial charge in [-0.15, -0.1) is 0 Å². The first-order valence-corrected chi connectivity index (χ1v) is 5.03. The Balaban J connectivity index is 1.43. The lowest BCUT2D eigenvalue weighted by Gasteiger charge is -2.53. The van der Waals surface area contributed by atoms with E-state index in [2.05, 4.69) is 20.7 Å². The van der Waals surface area contributed by atoms with E-state index in [4.69, 9.17) is 4.74 Å². The maximum Gasteiger partial charge on any atom is 0.108 e. The van der Waals surface area contributed by atoms with Crippen molar-refractivity contribution in [1.29, 1.82) is 0 Å². The summed E-state index contributed by atoms with van der Waals surface area (Å²) in [4.78, 5) is 0. The molecule has 1 aromatic rings. The predicted octanol–water partition coefficient (Wildman–Crippen LogP) is 0.0733. The van der Waals surface area contributed by atoms with Crippen LogP contribution in [-0.4, -0.2) is 34.6 Å². The van der Waals surface area contributed by atoms with E-state index in [1.165, 1.54) is 25.9 Å². The lowest BCUT2D eigenvalue weighted by atomic mass is 9.63. The van der Waals surface area contributed by atoms with Gasteiger partial charge in [-0.25, -0.2) is 0 Å². The van der Waals surface area contributed by atoms with Crippen LogP contribution >= 0.6 is 0 Å². The van der Waals surface area contributed by atoms with Gasteiger partial charge in [0.2, 0.25) is 0 Å². The first-order valence-electron chi connectivity index (χ1n) is 5.03. The van der Waals surface area contributed by atoms with Gasteiger partial charge in [-0.2, -0.15) is 15.4 Å². The molecule has 1 spiro atoms. The average Bonchev–Trinajstić information content (AvgIpc) is 2.50. The van der Waals surface area contributed by atoms with Gasteiger partial charge in [0.25, 0.3) is 0 Å². The molecule has 2 heterocycles. The second kappa shape index (κ2) is 3.03. The van der Waals surface area contributed by atoms with Crippen LogP contribution in [0.5, 0.6) is 0 Å². The maximum absolute atomic E-state index is 5.70. The van der Waals surface area contributed by atoms with Gasteiger partial charge in [0.05, 0.1) is 18.9 Å². The molecule has 3 rings (SSSR count). The van der Waals surface area contributed by atoms with Crippen LogP contribution in [0, 0.1) is 5.41 Å². The quantitative estimate of drug-likeness (QED) is 0.715. The zero-order chi connectivity index (χ0) is 9.43. The maximum atomic E-state index is 5.70. The number of nitrogens with zero attached hydrogens (tertiary/aromatic N) is 2. The number of nitrogens with one attached hydrogen (secondary N) is 2. The summed E-state index contributed by atoms with van der Waals surface area (Å²) in [5.41, 5.74) is 1.48. The molecule has 14 heavy (non-hydrogen) atoms. The van der Waals surface area contributed by atoms with E-state index >= 15 is 0 Å². The molecular weight excluding hydrogens is 180 g/mol. The van der Waals surface area contributed by atoms with E-state index in [0.717, 1.165) is 5.69 Å². The Bertz CT molecular complexity index is 299. The lowest BCUT2D eigenvalue weighted by Crippen LogP contribution is -2.62. The molecule has 0 amide bonds. The Kier molecular flexibility index (Phi) is 1.81. The van der Waals surface area contributed by atoms with E-state index in [0.29, 0.717) is 18.1 Å². The minimum absolute atomic E-state index is 0.439. The predicted molar refractivity (Wildman–Crippen MR) is 49.5 cm³/mol. The zero-order valence-corrected chi connectivity index (χ0v) is 7.99. The molecule has 2 fully saturated rings. The number of rotatable bonds is 3. The Morgan fingerprint density at radius 1 is 1.50 bits per heavy atom. The van der Waals surface area contributed by atoms with Crippen molar-refractivity contribution in [2.45, 2.75) is 25.6 Å². The largest absolute Gasteiger partial charge is 0.372 e. The van der Waals surface area contributed by atoms with Crippen LogP contribution in [0.4, 0.5) is 0 Å². The van der Waals surface area contributed by atoms with Crippen molar-refractivity contribution in [1.82, 2.24) is 20.7 Å². The minimum Gasteiger partial charge on any atom is -0.372 e. The summed E-state index contributed by atoms with van der Waals surface area (Å²) < 4.78 is 5.70. The highest BCUT2D eigenvalue weighted by atomic mass is 16.5. The summed E-state index contributed by atoms with van der Waals surface area (Å²) in [5, 5.41) is 13.6. The van der Waals surface area contributed by atoms with Crippen LogP contribution in [0.1, 0.15) is 18.5 Å². The molecule has 1 aliphatic carbocycles.